The quantitative estimate of drug-likeness (QED) is 0.712. The molecule has 0 fully saturated rings. The Hall–Kier alpha value is -1.85. The molecule has 0 atom stereocenters. The average molecular weight is 353 g/mol. The van der Waals surface area contributed by atoms with Crippen molar-refractivity contribution >= 4 is 40.6 Å². The second-order valence-corrected chi connectivity index (χ2v) is 5.91. The highest BCUT2D eigenvalue weighted by molar-refractivity contribution is 6.35. The first-order chi connectivity index (χ1) is 11.1. The van der Waals surface area contributed by atoms with Gasteiger partial charge in [-0.15, -0.1) is 0 Å². The predicted molar refractivity (Wildman–Crippen MR) is 94.5 cm³/mol. The van der Waals surface area contributed by atoms with E-state index in [0.717, 1.165) is 25.8 Å². The first-order valence-corrected chi connectivity index (χ1v) is 8.17. The van der Waals surface area contributed by atoms with E-state index >= 15 is 0 Å². The summed E-state index contributed by atoms with van der Waals surface area (Å²) < 4.78 is 0. The number of nitrogens with one attached hydrogen (secondary N) is 2. The molecule has 0 aliphatic carbocycles. The number of carbonyl (C=O) groups excluding carboxylic acids is 1. The van der Waals surface area contributed by atoms with Crippen LogP contribution in [0.2, 0.25) is 10.0 Å². The molecular formula is C16H18Cl2N4O. The predicted octanol–water partition coefficient (Wildman–Crippen LogP) is 4.64. The van der Waals surface area contributed by atoms with Crippen molar-refractivity contribution in [2.45, 2.75) is 26.2 Å². The SMILES string of the molecule is CCCCCNc1cc(C(=O)Nc2cc(Cl)cc(Cl)c2)ncn1. The summed E-state index contributed by atoms with van der Waals surface area (Å²) in [6.07, 6.45) is 4.73. The number of rotatable bonds is 7. The second kappa shape index (κ2) is 8.70. The molecular weight excluding hydrogens is 335 g/mol. The van der Waals surface area contributed by atoms with Crippen LogP contribution < -0.4 is 10.6 Å². The van der Waals surface area contributed by atoms with E-state index in [1.54, 1.807) is 24.3 Å². The van der Waals surface area contributed by atoms with E-state index in [1.807, 2.05) is 0 Å². The maximum atomic E-state index is 12.2. The lowest BCUT2D eigenvalue weighted by atomic mass is 10.2. The first kappa shape index (κ1) is 17.5. The molecule has 2 aromatic rings. The molecule has 0 radical (unpaired) electrons. The lowest BCUT2D eigenvalue weighted by Crippen LogP contribution is -2.15. The summed E-state index contributed by atoms with van der Waals surface area (Å²) >= 11 is 11.8. The zero-order valence-corrected chi connectivity index (χ0v) is 14.3. The number of benzene rings is 1. The molecule has 0 spiro atoms. The van der Waals surface area contributed by atoms with Gasteiger partial charge >= 0.3 is 0 Å². The molecule has 1 aromatic heterocycles. The number of hydrogen-bond donors (Lipinski definition) is 2. The molecule has 0 aliphatic heterocycles. The van der Waals surface area contributed by atoms with Gasteiger partial charge in [0.15, 0.2) is 0 Å². The molecule has 0 saturated heterocycles. The van der Waals surface area contributed by atoms with Crippen molar-refractivity contribution in [2.24, 2.45) is 0 Å². The van der Waals surface area contributed by atoms with Crippen molar-refractivity contribution in [3.8, 4) is 0 Å². The zero-order valence-electron chi connectivity index (χ0n) is 12.8. The van der Waals surface area contributed by atoms with E-state index in [0.29, 0.717) is 21.6 Å². The first-order valence-electron chi connectivity index (χ1n) is 7.42. The minimum Gasteiger partial charge on any atom is -0.370 e. The smallest absolute Gasteiger partial charge is 0.274 e. The molecule has 122 valence electrons. The van der Waals surface area contributed by atoms with Crippen LogP contribution in [0.5, 0.6) is 0 Å². The highest BCUT2D eigenvalue weighted by Crippen LogP contribution is 2.22. The van der Waals surface area contributed by atoms with Crippen LogP contribution in [0.3, 0.4) is 0 Å². The maximum Gasteiger partial charge on any atom is 0.274 e. The number of amides is 1. The van der Waals surface area contributed by atoms with Gasteiger partial charge in [0.1, 0.15) is 17.8 Å². The summed E-state index contributed by atoms with van der Waals surface area (Å²) in [6.45, 7) is 2.96. The number of carbonyl (C=O) groups is 1. The Morgan fingerprint density at radius 2 is 1.83 bits per heavy atom. The number of aromatic nitrogens is 2. The summed E-state index contributed by atoms with van der Waals surface area (Å²) in [5.74, 6) is 0.285. The maximum absolute atomic E-state index is 12.2. The minimum atomic E-state index is -0.345. The van der Waals surface area contributed by atoms with Crippen LogP contribution in [0, 0.1) is 0 Å². The van der Waals surface area contributed by atoms with Crippen LogP contribution in [0.25, 0.3) is 0 Å². The van der Waals surface area contributed by atoms with Crippen molar-refractivity contribution in [3.05, 3.63) is 46.3 Å². The van der Waals surface area contributed by atoms with Gasteiger partial charge in [0.2, 0.25) is 0 Å². The normalized spacial score (nSPS) is 10.4. The largest absolute Gasteiger partial charge is 0.370 e. The molecule has 0 bridgehead atoms. The zero-order chi connectivity index (χ0) is 16.7. The third-order valence-corrected chi connectivity index (χ3v) is 3.54. The Labute approximate surface area is 145 Å². The van der Waals surface area contributed by atoms with Crippen LogP contribution >= 0.6 is 23.2 Å². The monoisotopic (exact) mass is 352 g/mol. The number of hydrogen-bond acceptors (Lipinski definition) is 4. The summed E-state index contributed by atoms with van der Waals surface area (Å²) in [5.41, 5.74) is 0.789. The summed E-state index contributed by atoms with van der Waals surface area (Å²) in [7, 11) is 0. The van der Waals surface area contributed by atoms with Crippen molar-refractivity contribution in [2.75, 3.05) is 17.2 Å². The van der Waals surface area contributed by atoms with Crippen LogP contribution in [-0.4, -0.2) is 22.4 Å². The van der Waals surface area contributed by atoms with E-state index in [2.05, 4.69) is 27.5 Å². The Bertz CT molecular complexity index is 659. The fourth-order valence-corrected chi connectivity index (χ4v) is 2.52. The highest BCUT2D eigenvalue weighted by Gasteiger charge is 2.10. The van der Waals surface area contributed by atoms with Gasteiger partial charge in [-0.2, -0.15) is 0 Å². The van der Waals surface area contributed by atoms with Crippen LogP contribution in [0.4, 0.5) is 11.5 Å². The number of unbranched alkanes of at least 4 members (excludes halogenated alkanes) is 2. The van der Waals surface area contributed by atoms with E-state index in [-0.39, 0.29) is 11.6 Å². The van der Waals surface area contributed by atoms with E-state index in [1.165, 1.54) is 6.33 Å². The third-order valence-electron chi connectivity index (χ3n) is 3.11. The topological polar surface area (TPSA) is 66.9 Å². The van der Waals surface area contributed by atoms with Gasteiger partial charge < -0.3 is 10.6 Å². The minimum absolute atomic E-state index is 0.272. The van der Waals surface area contributed by atoms with E-state index in [4.69, 9.17) is 23.2 Å². The lowest BCUT2D eigenvalue weighted by molar-refractivity contribution is 0.102. The molecule has 1 aromatic carbocycles. The number of nitrogens with zero attached hydrogens (tertiary/aromatic N) is 2. The van der Waals surface area contributed by atoms with Crippen LogP contribution in [-0.2, 0) is 0 Å². The second-order valence-electron chi connectivity index (χ2n) is 5.03. The Morgan fingerprint density at radius 3 is 2.52 bits per heavy atom. The molecule has 23 heavy (non-hydrogen) atoms. The Balaban J connectivity index is 2.01. The molecule has 0 aliphatic rings. The molecule has 0 unspecified atom stereocenters. The van der Waals surface area contributed by atoms with Gasteiger partial charge in [-0.3, -0.25) is 4.79 Å². The summed E-state index contributed by atoms with van der Waals surface area (Å²) in [4.78, 5) is 20.4. The van der Waals surface area contributed by atoms with Crippen molar-refractivity contribution in [1.82, 2.24) is 9.97 Å². The summed E-state index contributed by atoms with van der Waals surface area (Å²) in [5, 5.41) is 6.81. The van der Waals surface area contributed by atoms with Crippen LogP contribution in [0.1, 0.15) is 36.7 Å². The van der Waals surface area contributed by atoms with Gasteiger partial charge in [-0.1, -0.05) is 43.0 Å². The van der Waals surface area contributed by atoms with Gasteiger partial charge in [0, 0.05) is 28.3 Å². The lowest BCUT2D eigenvalue weighted by Gasteiger charge is -2.08. The third kappa shape index (κ3) is 5.69. The fourth-order valence-electron chi connectivity index (χ4n) is 1.99. The molecule has 7 heteroatoms. The van der Waals surface area contributed by atoms with Crippen molar-refractivity contribution in [1.29, 1.82) is 0 Å². The summed E-state index contributed by atoms with van der Waals surface area (Å²) in [6, 6.07) is 6.46. The van der Waals surface area contributed by atoms with Gasteiger partial charge in [0.05, 0.1) is 0 Å². The van der Waals surface area contributed by atoms with Gasteiger partial charge in [0.25, 0.3) is 5.91 Å². The highest BCUT2D eigenvalue weighted by atomic mass is 35.5. The molecule has 1 amide bonds. The van der Waals surface area contributed by atoms with Crippen molar-refractivity contribution < 1.29 is 4.79 Å². The average Bonchev–Trinajstić information content (AvgIpc) is 2.51. The molecule has 1 heterocycles. The van der Waals surface area contributed by atoms with Crippen molar-refractivity contribution in [3.63, 3.8) is 0 Å². The van der Waals surface area contributed by atoms with Crippen LogP contribution in [0.15, 0.2) is 30.6 Å². The Morgan fingerprint density at radius 1 is 1.09 bits per heavy atom. The number of halogens is 2. The Kier molecular flexibility index (Phi) is 6.62. The van der Waals surface area contributed by atoms with Gasteiger partial charge in [-0.25, -0.2) is 9.97 Å². The van der Waals surface area contributed by atoms with E-state index < -0.39 is 0 Å². The molecule has 5 nitrogen and oxygen atoms in total. The molecule has 2 rings (SSSR count). The molecule has 0 saturated carbocycles. The van der Waals surface area contributed by atoms with Gasteiger partial charge in [-0.05, 0) is 24.6 Å². The molecule has 2 N–H and O–H groups in total. The fraction of sp³-hybridized carbons (Fsp3) is 0.312. The standard InChI is InChI=1S/C16H18Cl2N4O/c1-2-3-4-5-19-15-9-14(20-10-21-15)16(23)22-13-7-11(17)6-12(18)8-13/h6-10H,2-5H2,1H3,(H,22,23)(H,19,20,21). The number of anilines is 2. The van der Waals surface area contributed by atoms with E-state index in [9.17, 15) is 4.79 Å².